The first kappa shape index (κ1) is 17.4. The molecule has 0 aliphatic carbocycles. The number of hydrogen-bond acceptors (Lipinski definition) is 4. The van der Waals surface area contributed by atoms with Gasteiger partial charge in [-0.15, -0.1) is 0 Å². The minimum absolute atomic E-state index is 0. The minimum atomic E-state index is -1.03. The van der Waals surface area contributed by atoms with Crippen LogP contribution in [-0.2, 0) is 4.79 Å². The van der Waals surface area contributed by atoms with E-state index in [9.17, 15) is 9.90 Å². The van der Waals surface area contributed by atoms with Crippen molar-refractivity contribution < 1.29 is 39.5 Å². The van der Waals surface area contributed by atoms with Gasteiger partial charge in [-0.1, -0.05) is 0 Å². The van der Waals surface area contributed by atoms with E-state index in [-0.39, 0.29) is 46.7 Å². The standard InChI is InChI=1S/C12H24N2O2.Na/c1-8(10(15)16)13-9-6-11(2,3)14-12(4,5)7-9;/h8-9,13-14H,6-7H2,1-5H3,(H,15,16);/q;+1/p-1. The predicted octanol–water partition coefficient (Wildman–Crippen LogP) is -2.97. The van der Waals surface area contributed by atoms with Crippen LogP contribution in [0.4, 0.5) is 0 Å². The Morgan fingerprint density at radius 2 is 1.71 bits per heavy atom. The normalized spacial score (nSPS) is 24.8. The van der Waals surface area contributed by atoms with Gasteiger partial charge in [-0.3, -0.25) is 0 Å². The summed E-state index contributed by atoms with van der Waals surface area (Å²) in [6, 6.07) is -0.367. The molecule has 4 nitrogen and oxygen atoms in total. The summed E-state index contributed by atoms with van der Waals surface area (Å²) in [5.74, 6) is -1.03. The summed E-state index contributed by atoms with van der Waals surface area (Å²) in [5.41, 5.74) is 0.0656. The summed E-state index contributed by atoms with van der Waals surface area (Å²) in [5, 5.41) is 17.4. The molecule has 5 heteroatoms. The average molecular weight is 250 g/mol. The molecule has 94 valence electrons. The largest absolute Gasteiger partial charge is 1.00 e. The molecule has 0 amide bonds. The van der Waals surface area contributed by atoms with Crippen molar-refractivity contribution in [2.45, 2.75) is 70.6 Å². The zero-order valence-electron chi connectivity index (χ0n) is 11.9. The zero-order chi connectivity index (χ0) is 12.6. The van der Waals surface area contributed by atoms with E-state index in [4.69, 9.17) is 0 Å². The molecular weight excluding hydrogens is 227 g/mol. The van der Waals surface area contributed by atoms with Gasteiger partial charge in [-0.2, -0.15) is 0 Å². The molecular formula is C12H23N2NaO2. The second-order valence-electron chi connectivity index (χ2n) is 6.21. The Kier molecular flexibility index (Phi) is 6.16. The van der Waals surface area contributed by atoms with Gasteiger partial charge in [0.05, 0.1) is 5.97 Å². The number of nitrogens with one attached hydrogen (secondary N) is 2. The van der Waals surface area contributed by atoms with Crippen molar-refractivity contribution in [3.8, 4) is 0 Å². The molecule has 2 N–H and O–H groups in total. The smallest absolute Gasteiger partial charge is 0.548 e. The van der Waals surface area contributed by atoms with Crippen LogP contribution in [0.5, 0.6) is 0 Å². The summed E-state index contributed by atoms with van der Waals surface area (Å²) in [6.07, 6.45) is 1.85. The third-order valence-corrected chi connectivity index (χ3v) is 3.03. The number of carbonyl (C=O) groups excluding carboxylic acids is 1. The van der Waals surface area contributed by atoms with Crippen molar-refractivity contribution in [2.75, 3.05) is 0 Å². The van der Waals surface area contributed by atoms with Crippen LogP contribution in [0.2, 0.25) is 0 Å². The van der Waals surface area contributed by atoms with Crippen molar-refractivity contribution in [1.82, 2.24) is 10.6 Å². The van der Waals surface area contributed by atoms with Crippen molar-refractivity contribution >= 4 is 5.97 Å². The van der Waals surface area contributed by atoms with Crippen LogP contribution in [0.25, 0.3) is 0 Å². The second kappa shape index (κ2) is 6.02. The monoisotopic (exact) mass is 250 g/mol. The number of carbonyl (C=O) groups is 1. The fraction of sp³-hybridized carbons (Fsp3) is 0.917. The number of hydrogen-bond donors (Lipinski definition) is 2. The number of rotatable bonds is 3. The number of carboxylic acid groups (broad SMARTS) is 1. The topological polar surface area (TPSA) is 64.2 Å². The molecule has 0 saturated carbocycles. The summed E-state index contributed by atoms with van der Waals surface area (Å²) in [4.78, 5) is 10.7. The molecule has 0 aromatic carbocycles. The van der Waals surface area contributed by atoms with E-state index in [1.54, 1.807) is 6.92 Å². The molecule has 17 heavy (non-hydrogen) atoms. The number of carboxylic acids is 1. The Morgan fingerprint density at radius 1 is 1.29 bits per heavy atom. The third-order valence-electron chi connectivity index (χ3n) is 3.03. The molecule has 1 heterocycles. The van der Waals surface area contributed by atoms with Gasteiger partial charge in [0.1, 0.15) is 0 Å². The van der Waals surface area contributed by atoms with Crippen LogP contribution in [0.1, 0.15) is 47.5 Å². The van der Waals surface area contributed by atoms with Crippen LogP contribution < -0.4 is 45.3 Å². The van der Waals surface area contributed by atoms with E-state index < -0.39 is 12.0 Å². The maximum absolute atomic E-state index is 10.7. The van der Waals surface area contributed by atoms with E-state index in [0.717, 1.165) is 12.8 Å². The molecule has 1 fully saturated rings. The van der Waals surface area contributed by atoms with Crippen LogP contribution in [0.3, 0.4) is 0 Å². The summed E-state index contributed by atoms with van der Waals surface area (Å²) in [7, 11) is 0. The van der Waals surface area contributed by atoms with Gasteiger partial charge in [-0.25, -0.2) is 0 Å². The van der Waals surface area contributed by atoms with Gasteiger partial charge < -0.3 is 20.5 Å². The quantitative estimate of drug-likeness (QED) is 0.525. The predicted molar refractivity (Wildman–Crippen MR) is 61.9 cm³/mol. The molecule has 0 aromatic rings. The summed E-state index contributed by atoms with van der Waals surface area (Å²) >= 11 is 0. The summed E-state index contributed by atoms with van der Waals surface area (Å²) in [6.45, 7) is 10.2. The number of aliphatic carboxylic acids is 1. The Balaban J connectivity index is 0.00000256. The van der Waals surface area contributed by atoms with Gasteiger partial charge in [0, 0.05) is 23.2 Å². The molecule has 1 aliphatic rings. The molecule has 1 rings (SSSR count). The first-order valence-electron chi connectivity index (χ1n) is 5.88. The zero-order valence-corrected chi connectivity index (χ0v) is 13.9. The van der Waals surface area contributed by atoms with Crippen molar-refractivity contribution in [2.24, 2.45) is 0 Å². The maximum atomic E-state index is 10.7. The van der Waals surface area contributed by atoms with E-state index >= 15 is 0 Å². The summed E-state index contributed by atoms with van der Waals surface area (Å²) < 4.78 is 0. The van der Waals surface area contributed by atoms with Gasteiger partial charge >= 0.3 is 29.6 Å². The van der Waals surface area contributed by atoms with Crippen LogP contribution in [-0.4, -0.2) is 29.1 Å². The molecule has 0 radical (unpaired) electrons. The first-order valence-corrected chi connectivity index (χ1v) is 5.88. The molecule has 1 aliphatic heterocycles. The number of piperidine rings is 1. The molecule has 1 saturated heterocycles. The van der Waals surface area contributed by atoms with Gasteiger partial charge in [0.2, 0.25) is 0 Å². The fourth-order valence-electron chi connectivity index (χ4n) is 2.86. The van der Waals surface area contributed by atoms with Gasteiger partial charge in [0.15, 0.2) is 0 Å². The van der Waals surface area contributed by atoms with Gasteiger partial charge in [0.25, 0.3) is 0 Å². The van der Waals surface area contributed by atoms with Crippen molar-refractivity contribution in [3.63, 3.8) is 0 Å². The third kappa shape index (κ3) is 5.71. The SMILES string of the molecule is CC(NC1CC(C)(C)NC(C)(C)C1)C(=O)[O-].[Na+]. The Morgan fingerprint density at radius 3 is 2.06 bits per heavy atom. The second-order valence-corrected chi connectivity index (χ2v) is 6.21. The molecule has 0 aromatic heterocycles. The van der Waals surface area contributed by atoms with E-state index in [1.165, 1.54) is 0 Å². The maximum Gasteiger partial charge on any atom is 1.00 e. The fourth-order valence-corrected chi connectivity index (χ4v) is 2.86. The van der Waals surface area contributed by atoms with Gasteiger partial charge in [-0.05, 0) is 47.5 Å². The van der Waals surface area contributed by atoms with Crippen LogP contribution >= 0.6 is 0 Å². The molecule has 0 bridgehead atoms. The minimum Gasteiger partial charge on any atom is -0.548 e. The first-order chi connectivity index (χ1) is 7.11. The van der Waals surface area contributed by atoms with E-state index in [0.29, 0.717) is 0 Å². The van der Waals surface area contributed by atoms with Crippen LogP contribution in [0.15, 0.2) is 0 Å². The Hall–Kier alpha value is 0.390. The Labute approximate surface area is 126 Å². The van der Waals surface area contributed by atoms with Crippen LogP contribution in [0, 0.1) is 0 Å². The van der Waals surface area contributed by atoms with Crippen molar-refractivity contribution in [1.29, 1.82) is 0 Å². The molecule has 1 unspecified atom stereocenters. The average Bonchev–Trinajstić information content (AvgIpc) is 1.96. The molecule has 1 atom stereocenters. The van der Waals surface area contributed by atoms with E-state index in [1.807, 2.05) is 0 Å². The van der Waals surface area contributed by atoms with E-state index in [2.05, 4.69) is 38.3 Å². The Bertz CT molecular complexity index is 264. The van der Waals surface area contributed by atoms with Crippen molar-refractivity contribution in [3.05, 3.63) is 0 Å². The molecule has 0 spiro atoms.